The zero-order valence-electron chi connectivity index (χ0n) is 21.1. The maximum atomic E-state index is 13.8. The van der Waals surface area contributed by atoms with Gasteiger partial charge < -0.3 is 19.1 Å². The van der Waals surface area contributed by atoms with Crippen molar-refractivity contribution in [2.24, 2.45) is 0 Å². The van der Waals surface area contributed by atoms with Crippen LogP contribution in [0.25, 0.3) is 16.9 Å². The number of hydrogen-bond acceptors (Lipinski definition) is 5. The minimum atomic E-state index is -0.405. The summed E-state index contributed by atoms with van der Waals surface area (Å²) in [5.74, 6) is 0.673. The first kappa shape index (κ1) is 25.4. The first-order valence-corrected chi connectivity index (χ1v) is 12.7. The zero-order valence-corrected chi connectivity index (χ0v) is 21.9. The summed E-state index contributed by atoms with van der Waals surface area (Å²) >= 11 is 6.15. The minimum Gasteiger partial charge on any atom is -0.495 e. The van der Waals surface area contributed by atoms with Gasteiger partial charge in [0, 0.05) is 54.7 Å². The minimum absolute atomic E-state index is 0.0327. The fourth-order valence-electron chi connectivity index (χ4n) is 4.90. The predicted molar refractivity (Wildman–Crippen MR) is 149 cm³/mol. The third kappa shape index (κ3) is 4.82. The second-order valence-electron chi connectivity index (χ2n) is 9.10. The number of ether oxygens (including phenoxy) is 1. The summed E-state index contributed by atoms with van der Waals surface area (Å²) in [5, 5.41) is 11.6. The Balaban J connectivity index is 1.44. The predicted octanol–water partition coefficient (Wildman–Crippen LogP) is 5.99. The van der Waals surface area contributed by atoms with E-state index >= 15 is 0 Å². The highest BCUT2D eigenvalue weighted by molar-refractivity contribution is 6.30. The molecule has 0 bridgehead atoms. The molecule has 0 atom stereocenters. The smallest absolute Gasteiger partial charge is 0.269 e. The standard InChI is InChI=1S/C29H27ClN4O4/c1-20-25(29(35)32-17-15-31(16-18-32)23-11-13-24(14-12-23)34(36)37)19-27(21-7-9-22(30)10-8-21)33(20)26-5-3-4-6-28(26)38-2/h3-14,19H,15-18H2,1-2H3. The van der Waals surface area contributed by atoms with E-state index in [1.807, 2.05) is 66.4 Å². The third-order valence-electron chi connectivity index (χ3n) is 6.94. The highest BCUT2D eigenvalue weighted by Crippen LogP contribution is 2.34. The first-order chi connectivity index (χ1) is 18.4. The van der Waals surface area contributed by atoms with E-state index in [1.54, 1.807) is 19.2 Å². The van der Waals surface area contributed by atoms with Gasteiger partial charge >= 0.3 is 0 Å². The van der Waals surface area contributed by atoms with Crippen LogP contribution >= 0.6 is 11.6 Å². The number of methoxy groups -OCH3 is 1. The normalized spacial score (nSPS) is 13.4. The molecule has 0 radical (unpaired) electrons. The fourth-order valence-corrected chi connectivity index (χ4v) is 5.03. The van der Waals surface area contributed by atoms with Crippen molar-refractivity contribution in [1.82, 2.24) is 9.47 Å². The van der Waals surface area contributed by atoms with Gasteiger partial charge in [0.2, 0.25) is 0 Å². The van der Waals surface area contributed by atoms with Gasteiger partial charge in [0.1, 0.15) is 5.75 Å². The summed E-state index contributed by atoms with van der Waals surface area (Å²) in [6.45, 7) is 4.32. The number of carbonyl (C=O) groups excluding carboxylic acids is 1. The summed E-state index contributed by atoms with van der Waals surface area (Å²) < 4.78 is 7.70. The number of non-ortho nitro benzene ring substituents is 1. The first-order valence-electron chi connectivity index (χ1n) is 12.3. The molecule has 1 aromatic heterocycles. The van der Waals surface area contributed by atoms with E-state index in [0.717, 1.165) is 28.3 Å². The van der Waals surface area contributed by atoms with E-state index in [9.17, 15) is 14.9 Å². The van der Waals surface area contributed by atoms with E-state index < -0.39 is 4.92 Å². The Morgan fingerprint density at radius 1 is 0.947 bits per heavy atom. The van der Waals surface area contributed by atoms with Gasteiger partial charge in [-0.15, -0.1) is 0 Å². The molecule has 1 fully saturated rings. The van der Waals surface area contributed by atoms with Crippen LogP contribution in [-0.4, -0.2) is 53.6 Å². The van der Waals surface area contributed by atoms with Crippen molar-refractivity contribution in [3.8, 4) is 22.7 Å². The highest BCUT2D eigenvalue weighted by atomic mass is 35.5. The van der Waals surface area contributed by atoms with Gasteiger partial charge in [-0.1, -0.05) is 35.9 Å². The number of rotatable bonds is 6. The molecule has 0 unspecified atom stereocenters. The van der Waals surface area contributed by atoms with Gasteiger partial charge in [0.15, 0.2) is 0 Å². The molecule has 2 heterocycles. The average molecular weight is 531 g/mol. The molecule has 0 saturated carbocycles. The maximum absolute atomic E-state index is 13.8. The van der Waals surface area contributed by atoms with Crippen LogP contribution in [0.5, 0.6) is 5.75 Å². The summed E-state index contributed by atoms with van der Waals surface area (Å²) in [6, 6.07) is 23.8. The number of anilines is 1. The number of halogens is 1. The number of piperazine rings is 1. The fraction of sp³-hybridized carbons (Fsp3) is 0.207. The Hall–Kier alpha value is -4.30. The van der Waals surface area contributed by atoms with Crippen LogP contribution in [-0.2, 0) is 0 Å². The third-order valence-corrected chi connectivity index (χ3v) is 7.19. The molecule has 1 saturated heterocycles. The number of aromatic nitrogens is 1. The quantitative estimate of drug-likeness (QED) is 0.226. The van der Waals surface area contributed by atoms with Crippen molar-refractivity contribution >= 4 is 28.9 Å². The molecule has 0 aliphatic carbocycles. The van der Waals surface area contributed by atoms with Gasteiger partial charge in [-0.05, 0) is 55.0 Å². The molecule has 1 aliphatic rings. The number of nitro benzene ring substituents is 1. The van der Waals surface area contributed by atoms with Gasteiger partial charge in [-0.3, -0.25) is 14.9 Å². The zero-order chi connectivity index (χ0) is 26.8. The van der Waals surface area contributed by atoms with Gasteiger partial charge in [0.05, 0.1) is 29.0 Å². The molecule has 5 rings (SSSR count). The monoisotopic (exact) mass is 530 g/mol. The van der Waals surface area contributed by atoms with Crippen LogP contribution in [0.3, 0.4) is 0 Å². The molecule has 0 spiro atoms. The number of amides is 1. The number of nitrogens with zero attached hydrogens (tertiary/aromatic N) is 4. The summed E-state index contributed by atoms with van der Waals surface area (Å²) in [4.78, 5) is 28.3. The van der Waals surface area contributed by atoms with E-state index in [2.05, 4.69) is 9.47 Å². The summed E-state index contributed by atoms with van der Waals surface area (Å²) in [6.07, 6.45) is 0. The van der Waals surface area contributed by atoms with Crippen LogP contribution in [0.4, 0.5) is 11.4 Å². The lowest BCUT2D eigenvalue weighted by Gasteiger charge is -2.36. The van der Waals surface area contributed by atoms with Gasteiger partial charge in [0.25, 0.3) is 11.6 Å². The van der Waals surface area contributed by atoms with E-state index in [0.29, 0.717) is 42.5 Å². The maximum Gasteiger partial charge on any atom is 0.269 e. The van der Waals surface area contributed by atoms with Crippen molar-refractivity contribution in [2.45, 2.75) is 6.92 Å². The van der Waals surface area contributed by atoms with Gasteiger partial charge in [-0.25, -0.2) is 0 Å². The lowest BCUT2D eigenvalue weighted by molar-refractivity contribution is -0.384. The van der Waals surface area contributed by atoms with Crippen molar-refractivity contribution < 1.29 is 14.5 Å². The van der Waals surface area contributed by atoms with Gasteiger partial charge in [-0.2, -0.15) is 0 Å². The molecule has 8 nitrogen and oxygen atoms in total. The van der Waals surface area contributed by atoms with Crippen molar-refractivity contribution in [3.63, 3.8) is 0 Å². The lowest BCUT2D eigenvalue weighted by Crippen LogP contribution is -2.48. The molecular weight excluding hydrogens is 504 g/mol. The number of hydrogen-bond donors (Lipinski definition) is 0. The topological polar surface area (TPSA) is 80.8 Å². The SMILES string of the molecule is COc1ccccc1-n1c(-c2ccc(Cl)cc2)cc(C(=O)N2CCN(c3ccc([N+](=O)[O-])cc3)CC2)c1C. The van der Waals surface area contributed by atoms with E-state index in [1.165, 1.54) is 12.1 Å². The molecule has 3 aromatic carbocycles. The molecule has 9 heteroatoms. The summed E-state index contributed by atoms with van der Waals surface area (Å²) in [7, 11) is 1.64. The van der Waals surface area contributed by atoms with Crippen LogP contribution in [0.1, 0.15) is 16.1 Å². The Morgan fingerprint density at radius 2 is 1.61 bits per heavy atom. The molecule has 38 heavy (non-hydrogen) atoms. The Kier molecular flexibility index (Phi) is 7.07. The van der Waals surface area contributed by atoms with Crippen LogP contribution in [0.15, 0.2) is 78.9 Å². The molecule has 4 aromatic rings. The largest absolute Gasteiger partial charge is 0.495 e. The Bertz CT molecular complexity index is 1470. The van der Waals surface area contributed by atoms with Crippen molar-refractivity contribution in [3.05, 3.63) is 105 Å². The molecule has 0 N–H and O–H groups in total. The van der Waals surface area contributed by atoms with E-state index in [4.69, 9.17) is 16.3 Å². The second kappa shape index (κ2) is 10.6. The molecule has 1 amide bonds. The molecule has 194 valence electrons. The number of nitro groups is 1. The number of carbonyl (C=O) groups is 1. The number of para-hydroxylation sites is 2. The number of benzene rings is 3. The average Bonchev–Trinajstić information content (AvgIpc) is 3.29. The molecular formula is C29H27ClN4O4. The second-order valence-corrected chi connectivity index (χ2v) is 9.53. The van der Waals surface area contributed by atoms with Crippen molar-refractivity contribution in [1.29, 1.82) is 0 Å². The van der Waals surface area contributed by atoms with E-state index in [-0.39, 0.29) is 11.6 Å². The van der Waals surface area contributed by atoms with Crippen LogP contribution in [0.2, 0.25) is 5.02 Å². The highest BCUT2D eigenvalue weighted by Gasteiger charge is 2.27. The molecule has 1 aliphatic heterocycles. The van der Waals surface area contributed by atoms with Crippen LogP contribution < -0.4 is 9.64 Å². The Morgan fingerprint density at radius 3 is 2.24 bits per heavy atom. The Labute approximate surface area is 225 Å². The van der Waals surface area contributed by atoms with Crippen LogP contribution in [0, 0.1) is 17.0 Å². The summed E-state index contributed by atoms with van der Waals surface area (Å²) in [5.41, 5.74) is 5.08. The van der Waals surface area contributed by atoms with Crippen molar-refractivity contribution in [2.75, 3.05) is 38.2 Å². The lowest BCUT2D eigenvalue weighted by atomic mass is 10.1.